The van der Waals surface area contributed by atoms with Crippen LogP contribution in [0.1, 0.15) is 36.2 Å². The maximum absolute atomic E-state index is 4.46. The van der Waals surface area contributed by atoms with E-state index in [1.165, 1.54) is 15.4 Å². The second-order valence-electron chi connectivity index (χ2n) is 7.00. The third-order valence-corrected chi connectivity index (χ3v) is 5.27. The van der Waals surface area contributed by atoms with Crippen LogP contribution in [0.3, 0.4) is 0 Å². The smallest absolute Gasteiger partial charge is 0.191 e. The van der Waals surface area contributed by atoms with Gasteiger partial charge in [-0.2, -0.15) is 0 Å². The molecule has 1 aromatic carbocycles. The number of aliphatic imine (C=N–C) groups is 1. The van der Waals surface area contributed by atoms with Gasteiger partial charge in [-0.3, -0.25) is 4.99 Å². The van der Waals surface area contributed by atoms with Crippen molar-refractivity contribution in [3.8, 4) is 0 Å². The fourth-order valence-electron chi connectivity index (χ4n) is 2.67. The van der Waals surface area contributed by atoms with Gasteiger partial charge >= 0.3 is 0 Å². The lowest BCUT2D eigenvalue weighted by Crippen LogP contribution is -2.43. The molecule has 2 rings (SSSR count). The molecule has 0 aliphatic heterocycles. The number of hydrogen-bond acceptors (Lipinski definition) is 3. The number of hydrogen-bond donors (Lipinski definition) is 2. The molecule has 0 fully saturated rings. The molecule has 2 N–H and O–H groups in total. The molecule has 144 valence electrons. The lowest BCUT2D eigenvalue weighted by atomic mass is 9.86. The molecule has 0 atom stereocenters. The van der Waals surface area contributed by atoms with Crippen molar-refractivity contribution < 1.29 is 0 Å². The van der Waals surface area contributed by atoms with E-state index < -0.39 is 0 Å². The molecule has 1 heterocycles. The number of nitrogens with one attached hydrogen (secondary N) is 2. The van der Waals surface area contributed by atoms with Gasteiger partial charge in [-0.1, -0.05) is 51.1 Å². The third-order valence-electron chi connectivity index (χ3n) is 4.06. The Kier molecular flexibility index (Phi) is 10.2. The van der Waals surface area contributed by atoms with Gasteiger partial charge in [0.05, 0.1) is 5.01 Å². The van der Waals surface area contributed by atoms with Crippen LogP contribution in [0.4, 0.5) is 0 Å². The van der Waals surface area contributed by atoms with Crippen LogP contribution in [-0.4, -0.2) is 31.1 Å². The molecule has 0 spiro atoms. The molecule has 0 bridgehead atoms. The molecule has 6 heteroatoms. The summed E-state index contributed by atoms with van der Waals surface area (Å²) < 4.78 is 0. The normalized spacial score (nSPS) is 11.8. The van der Waals surface area contributed by atoms with Gasteiger partial charge in [0, 0.05) is 37.6 Å². The van der Waals surface area contributed by atoms with Crippen LogP contribution < -0.4 is 10.6 Å². The van der Waals surface area contributed by atoms with E-state index >= 15 is 0 Å². The number of halogens is 1. The summed E-state index contributed by atoms with van der Waals surface area (Å²) in [6, 6.07) is 10.6. The summed E-state index contributed by atoms with van der Waals surface area (Å²) in [6.07, 6.45) is 5.01. The largest absolute Gasteiger partial charge is 0.356 e. The lowest BCUT2D eigenvalue weighted by Gasteiger charge is -2.26. The predicted molar refractivity (Wildman–Crippen MR) is 124 cm³/mol. The molecule has 0 aliphatic carbocycles. The Morgan fingerprint density at radius 3 is 2.54 bits per heavy atom. The van der Waals surface area contributed by atoms with Crippen LogP contribution in [0.15, 0.2) is 41.5 Å². The number of rotatable bonds is 8. The van der Waals surface area contributed by atoms with Crippen molar-refractivity contribution in [3.63, 3.8) is 0 Å². The molecule has 1 aromatic heterocycles. The zero-order valence-electron chi connectivity index (χ0n) is 16.2. The van der Waals surface area contributed by atoms with Crippen LogP contribution in [0.2, 0.25) is 0 Å². The Labute approximate surface area is 179 Å². The summed E-state index contributed by atoms with van der Waals surface area (Å²) in [4.78, 5) is 10.1. The van der Waals surface area contributed by atoms with Crippen molar-refractivity contribution in [2.75, 3.05) is 20.1 Å². The molecule has 0 unspecified atom stereocenters. The standard InChI is InChI=1S/C20H30N4S.HI/c1-5-17-14-23-18(25-17)11-12-22-19(21-4)24-15-20(2,3)13-16-9-7-6-8-10-16;/h6-10,14H,5,11-13,15H2,1-4H3,(H2,21,22,24);1H. The van der Waals surface area contributed by atoms with Crippen molar-refractivity contribution in [2.24, 2.45) is 10.4 Å². The van der Waals surface area contributed by atoms with Gasteiger partial charge in [-0.05, 0) is 23.8 Å². The second kappa shape index (κ2) is 11.5. The molecular weight excluding hydrogens is 455 g/mol. The average Bonchev–Trinajstić information content (AvgIpc) is 3.06. The van der Waals surface area contributed by atoms with Gasteiger partial charge in [0.25, 0.3) is 0 Å². The lowest BCUT2D eigenvalue weighted by molar-refractivity contribution is 0.359. The summed E-state index contributed by atoms with van der Waals surface area (Å²) in [5.41, 5.74) is 1.53. The Bertz CT molecular complexity index is 667. The first kappa shape index (κ1) is 22.9. The molecular formula is C20H31IN4S. The summed E-state index contributed by atoms with van der Waals surface area (Å²) in [5.74, 6) is 0.855. The van der Waals surface area contributed by atoms with Crippen LogP contribution >= 0.6 is 35.3 Å². The van der Waals surface area contributed by atoms with Crippen molar-refractivity contribution >= 4 is 41.3 Å². The molecule has 4 nitrogen and oxygen atoms in total. The molecule has 0 radical (unpaired) electrons. The van der Waals surface area contributed by atoms with E-state index in [0.29, 0.717) is 0 Å². The maximum Gasteiger partial charge on any atom is 0.191 e. The van der Waals surface area contributed by atoms with Crippen LogP contribution in [0, 0.1) is 5.41 Å². The van der Waals surface area contributed by atoms with Crippen LogP contribution in [0.25, 0.3) is 0 Å². The fraction of sp³-hybridized carbons (Fsp3) is 0.500. The quantitative estimate of drug-likeness (QED) is 0.332. The number of aryl methyl sites for hydroxylation is 1. The number of guanidine groups is 1. The van der Waals surface area contributed by atoms with E-state index in [2.05, 4.69) is 71.7 Å². The summed E-state index contributed by atoms with van der Waals surface area (Å²) >= 11 is 1.80. The SMILES string of the molecule is CCc1cnc(CCNC(=NC)NCC(C)(C)Cc2ccccc2)s1.I. The van der Waals surface area contributed by atoms with Crippen molar-refractivity contribution in [3.05, 3.63) is 52.0 Å². The Morgan fingerprint density at radius 2 is 1.92 bits per heavy atom. The Balaban J connectivity index is 0.00000338. The molecule has 26 heavy (non-hydrogen) atoms. The Morgan fingerprint density at radius 1 is 1.19 bits per heavy atom. The fourth-order valence-corrected chi connectivity index (χ4v) is 3.53. The predicted octanol–water partition coefficient (Wildman–Crippen LogP) is 4.30. The van der Waals surface area contributed by atoms with Gasteiger partial charge in [0.2, 0.25) is 0 Å². The van der Waals surface area contributed by atoms with E-state index in [1.54, 1.807) is 11.3 Å². The van der Waals surface area contributed by atoms with Crippen LogP contribution in [-0.2, 0) is 19.3 Å². The highest BCUT2D eigenvalue weighted by Gasteiger charge is 2.19. The van der Waals surface area contributed by atoms with E-state index in [0.717, 1.165) is 38.3 Å². The minimum absolute atomic E-state index is 0. The number of thiazole rings is 1. The number of benzene rings is 1. The zero-order valence-corrected chi connectivity index (χ0v) is 19.4. The highest BCUT2D eigenvalue weighted by Crippen LogP contribution is 2.20. The molecule has 0 saturated carbocycles. The van der Waals surface area contributed by atoms with Gasteiger partial charge in [0.15, 0.2) is 5.96 Å². The summed E-state index contributed by atoms with van der Waals surface area (Å²) in [5, 5.41) is 8.03. The molecule has 2 aromatic rings. The second-order valence-corrected chi connectivity index (χ2v) is 8.20. The van der Waals surface area contributed by atoms with Gasteiger partial charge in [0.1, 0.15) is 0 Å². The van der Waals surface area contributed by atoms with Gasteiger partial charge in [-0.15, -0.1) is 35.3 Å². The zero-order chi connectivity index (χ0) is 18.1. The maximum atomic E-state index is 4.46. The first-order chi connectivity index (χ1) is 12.0. The molecule has 0 saturated heterocycles. The average molecular weight is 486 g/mol. The highest BCUT2D eigenvalue weighted by atomic mass is 127. The van der Waals surface area contributed by atoms with Crippen molar-refractivity contribution in [1.29, 1.82) is 0 Å². The van der Waals surface area contributed by atoms with E-state index in [1.807, 2.05) is 13.2 Å². The summed E-state index contributed by atoms with van der Waals surface area (Å²) in [6.45, 7) is 8.44. The van der Waals surface area contributed by atoms with Gasteiger partial charge < -0.3 is 10.6 Å². The van der Waals surface area contributed by atoms with E-state index in [9.17, 15) is 0 Å². The summed E-state index contributed by atoms with van der Waals surface area (Å²) in [7, 11) is 1.82. The number of nitrogens with zero attached hydrogens (tertiary/aromatic N) is 2. The van der Waals surface area contributed by atoms with Crippen molar-refractivity contribution in [1.82, 2.24) is 15.6 Å². The topological polar surface area (TPSA) is 49.3 Å². The third kappa shape index (κ3) is 8.03. The number of aromatic nitrogens is 1. The highest BCUT2D eigenvalue weighted by molar-refractivity contribution is 14.0. The minimum Gasteiger partial charge on any atom is -0.356 e. The molecule has 0 amide bonds. The monoisotopic (exact) mass is 486 g/mol. The minimum atomic E-state index is 0. The molecule has 0 aliphatic rings. The van der Waals surface area contributed by atoms with E-state index in [4.69, 9.17) is 0 Å². The van der Waals surface area contributed by atoms with Crippen molar-refractivity contribution in [2.45, 2.75) is 40.0 Å². The first-order valence-electron chi connectivity index (χ1n) is 8.94. The van der Waals surface area contributed by atoms with E-state index in [-0.39, 0.29) is 29.4 Å². The Hall–Kier alpha value is -1.15. The van der Waals surface area contributed by atoms with Gasteiger partial charge in [-0.25, -0.2) is 4.98 Å². The van der Waals surface area contributed by atoms with Crippen LogP contribution in [0.5, 0.6) is 0 Å². The first-order valence-corrected chi connectivity index (χ1v) is 9.76.